The number of benzene rings is 7. The summed E-state index contributed by atoms with van der Waals surface area (Å²) in [5.41, 5.74) is 7.66. The molecule has 46 heavy (non-hydrogen) atoms. The van der Waals surface area contributed by atoms with Crippen LogP contribution in [0.5, 0.6) is 0 Å². The SMILES string of the molecule is c1ccc(-c2cc(-n3c4ccc5sc6ccccc6c5c4c4c5ccccc5c5ccccc5c43)cc(-c3ccccc3)n2)cc1. The monoisotopic (exact) mass is 602 g/mol. The smallest absolute Gasteiger partial charge is 0.0730 e. The quantitative estimate of drug-likeness (QED) is 0.184. The molecule has 0 unspecified atom stereocenters. The minimum absolute atomic E-state index is 0.958. The first kappa shape index (κ1) is 25.5. The van der Waals surface area contributed by atoms with Gasteiger partial charge in [0.2, 0.25) is 0 Å². The predicted octanol–water partition coefficient (Wildman–Crippen LogP) is 12.2. The van der Waals surface area contributed by atoms with Crippen molar-refractivity contribution in [2.24, 2.45) is 0 Å². The van der Waals surface area contributed by atoms with E-state index in [1.54, 1.807) is 0 Å². The molecule has 0 atom stereocenters. The second-order valence-corrected chi connectivity index (χ2v) is 13.0. The van der Waals surface area contributed by atoms with E-state index >= 15 is 0 Å². The van der Waals surface area contributed by atoms with Gasteiger partial charge in [-0.1, -0.05) is 127 Å². The number of aromatic nitrogens is 2. The average Bonchev–Trinajstić information content (AvgIpc) is 3.69. The third-order valence-corrected chi connectivity index (χ3v) is 10.5. The lowest BCUT2D eigenvalue weighted by molar-refractivity contribution is 1.16. The maximum absolute atomic E-state index is 5.23. The van der Waals surface area contributed by atoms with Crippen molar-refractivity contribution in [2.45, 2.75) is 0 Å². The van der Waals surface area contributed by atoms with Crippen molar-refractivity contribution < 1.29 is 0 Å². The minimum atomic E-state index is 0.958. The van der Waals surface area contributed by atoms with E-state index in [0.29, 0.717) is 0 Å². The van der Waals surface area contributed by atoms with Crippen LogP contribution >= 0.6 is 11.3 Å². The van der Waals surface area contributed by atoms with Crippen LogP contribution in [0.4, 0.5) is 0 Å². The summed E-state index contributed by atoms with van der Waals surface area (Å²) in [5, 5.41) is 10.3. The van der Waals surface area contributed by atoms with Crippen molar-refractivity contribution in [1.29, 1.82) is 0 Å². The number of hydrogen-bond acceptors (Lipinski definition) is 2. The summed E-state index contributed by atoms with van der Waals surface area (Å²) >= 11 is 1.88. The van der Waals surface area contributed by atoms with Crippen LogP contribution < -0.4 is 0 Å². The highest BCUT2D eigenvalue weighted by molar-refractivity contribution is 7.26. The molecule has 10 aromatic rings. The predicted molar refractivity (Wildman–Crippen MR) is 197 cm³/mol. The maximum atomic E-state index is 5.23. The zero-order valence-corrected chi connectivity index (χ0v) is 25.6. The zero-order chi connectivity index (χ0) is 30.2. The van der Waals surface area contributed by atoms with Gasteiger partial charge in [0.1, 0.15) is 0 Å². The fourth-order valence-electron chi connectivity index (χ4n) is 7.40. The molecular formula is C43H26N2S. The normalized spacial score (nSPS) is 11.9. The van der Waals surface area contributed by atoms with Crippen molar-refractivity contribution in [2.75, 3.05) is 0 Å². The van der Waals surface area contributed by atoms with E-state index in [1.165, 1.54) is 63.5 Å². The van der Waals surface area contributed by atoms with Gasteiger partial charge in [0.25, 0.3) is 0 Å². The third kappa shape index (κ3) is 3.67. The molecule has 0 amide bonds. The Bertz CT molecular complexity index is 2730. The number of hydrogen-bond donors (Lipinski definition) is 0. The Labute approximate surface area is 269 Å². The number of pyridine rings is 1. The molecule has 0 aliphatic carbocycles. The van der Waals surface area contributed by atoms with E-state index in [0.717, 1.165) is 28.2 Å². The van der Waals surface area contributed by atoms with Crippen molar-refractivity contribution in [1.82, 2.24) is 9.55 Å². The van der Waals surface area contributed by atoms with Crippen LogP contribution in [0, 0.1) is 0 Å². The van der Waals surface area contributed by atoms with Gasteiger partial charge in [0, 0.05) is 47.5 Å². The van der Waals surface area contributed by atoms with Gasteiger partial charge < -0.3 is 4.57 Å². The fourth-order valence-corrected chi connectivity index (χ4v) is 8.51. The second-order valence-electron chi connectivity index (χ2n) is 11.9. The first-order valence-corrected chi connectivity index (χ1v) is 16.5. The first-order chi connectivity index (χ1) is 22.8. The highest BCUT2D eigenvalue weighted by Gasteiger charge is 2.23. The third-order valence-electron chi connectivity index (χ3n) is 9.35. The first-order valence-electron chi connectivity index (χ1n) is 15.6. The van der Waals surface area contributed by atoms with Gasteiger partial charge in [-0.25, -0.2) is 4.98 Å². The Hall–Kier alpha value is -5.77. The lowest BCUT2D eigenvalue weighted by Crippen LogP contribution is -1.99. The summed E-state index contributed by atoms with van der Waals surface area (Å²) < 4.78 is 5.14. The van der Waals surface area contributed by atoms with Gasteiger partial charge in [-0.3, -0.25) is 0 Å². The lowest BCUT2D eigenvalue weighted by atomic mass is 9.95. The topological polar surface area (TPSA) is 17.8 Å². The Kier molecular flexibility index (Phi) is 5.48. The van der Waals surface area contributed by atoms with Gasteiger partial charge in [0.05, 0.1) is 28.1 Å². The summed E-state index contributed by atoms with van der Waals surface area (Å²) in [4.78, 5) is 5.23. The molecule has 3 heterocycles. The van der Waals surface area contributed by atoms with Crippen LogP contribution in [-0.4, -0.2) is 9.55 Å². The maximum Gasteiger partial charge on any atom is 0.0730 e. The molecule has 2 nitrogen and oxygen atoms in total. The number of fused-ring (bicyclic) bond motifs is 12. The number of thiophene rings is 1. The molecule has 0 fully saturated rings. The molecule has 3 heteroatoms. The lowest BCUT2D eigenvalue weighted by Gasteiger charge is -2.15. The largest absolute Gasteiger partial charge is 0.308 e. The van der Waals surface area contributed by atoms with E-state index in [1.807, 2.05) is 11.3 Å². The summed E-state index contributed by atoms with van der Waals surface area (Å²) in [7, 11) is 0. The molecule has 0 saturated carbocycles. The Morgan fingerprint density at radius 1 is 0.413 bits per heavy atom. The van der Waals surface area contributed by atoms with Crippen molar-refractivity contribution in [3.8, 4) is 28.2 Å². The van der Waals surface area contributed by atoms with Gasteiger partial charge in [-0.05, 0) is 46.5 Å². The molecule has 214 valence electrons. The van der Waals surface area contributed by atoms with E-state index in [-0.39, 0.29) is 0 Å². The molecule has 0 aliphatic heterocycles. The summed E-state index contributed by atoms with van der Waals surface area (Å²) in [6.07, 6.45) is 0. The standard InChI is InChI=1S/C43H26N2S/c1-3-13-27(14-4-1)35-25-29(26-36(44-35)28-15-5-2-6-16-28)45-37-23-24-39-40(34-21-11-12-22-38(34)46-39)42(37)41-32-19-9-7-17-30(32)31-18-8-10-20-33(31)43(41)45/h1-26H. The summed E-state index contributed by atoms with van der Waals surface area (Å²) in [6, 6.07) is 56.9. The highest BCUT2D eigenvalue weighted by atomic mass is 32.1. The fraction of sp³-hybridized carbons (Fsp3) is 0. The molecule has 0 spiro atoms. The van der Waals surface area contributed by atoms with Crippen LogP contribution in [0.25, 0.3) is 91.7 Å². The molecule has 0 saturated heterocycles. The van der Waals surface area contributed by atoms with Crippen molar-refractivity contribution in [3.05, 3.63) is 158 Å². The molecule has 0 bridgehead atoms. The molecule has 0 radical (unpaired) electrons. The molecular weight excluding hydrogens is 577 g/mol. The Morgan fingerprint density at radius 3 is 1.63 bits per heavy atom. The van der Waals surface area contributed by atoms with Crippen LogP contribution in [0.15, 0.2) is 158 Å². The molecule has 7 aromatic carbocycles. The highest BCUT2D eigenvalue weighted by Crippen LogP contribution is 2.48. The van der Waals surface area contributed by atoms with Gasteiger partial charge in [-0.15, -0.1) is 11.3 Å². The summed E-state index contributed by atoms with van der Waals surface area (Å²) in [5.74, 6) is 0. The molecule has 0 aliphatic rings. The van der Waals surface area contributed by atoms with Gasteiger partial charge >= 0.3 is 0 Å². The Balaban J connectivity index is 1.46. The van der Waals surface area contributed by atoms with Gasteiger partial charge in [0.15, 0.2) is 0 Å². The van der Waals surface area contributed by atoms with E-state index in [9.17, 15) is 0 Å². The van der Waals surface area contributed by atoms with E-state index in [2.05, 4.69) is 162 Å². The average molecular weight is 603 g/mol. The number of nitrogens with zero attached hydrogens (tertiary/aromatic N) is 2. The van der Waals surface area contributed by atoms with E-state index in [4.69, 9.17) is 4.98 Å². The van der Waals surface area contributed by atoms with Crippen LogP contribution in [0.2, 0.25) is 0 Å². The summed E-state index contributed by atoms with van der Waals surface area (Å²) in [6.45, 7) is 0. The van der Waals surface area contributed by atoms with Crippen molar-refractivity contribution >= 4 is 74.9 Å². The van der Waals surface area contributed by atoms with Crippen molar-refractivity contribution in [3.63, 3.8) is 0 Å². The van der Waals surface area contributed by atoms with Gasteiger partial charge in [-0.2, -0.15) is 0 Å². The molecule has 3 aromatic heterocycles. The van der Waals surface area contributed by atoms with Crippen LogP contribution in [-0.2, 0) is 0 Å². The number of rotatable bonds is 3. The zero-order valence-electron chi connectivity index (χ0n) is 24.8. The Morgan fingerprint density at radius 2 is 0.957 bits per heavy atom. The minimum Gasteiger partial charge on any atom is -0.308 e. The molecule has 10 rings (SSSR count). The van der Waals surface area contributed by atoms with E-state index < -0.39 is 0 Å². The van der Waals surface area contributed by atoms with Crippen LogP contribution in [0.1, 0.15) is 0 Å². The second kappa shape index (κ2) is 9.87. The van der Waals surface area contributed by atoms with Crippen LogP contribution in [0.3, 0.4) is 0 Å². The molecule has 0 N–H and O–H groups in total.